The van der Waals surface area contributed by atoms with Crippen LogP contribution in [-0.4, -0.2) is 65.1 Å². The number of amides is 2. The monoisotopic (exact) mass is 371 g/mol. The van der Waals surface area contributed by atoms with Crippen molar-refractivity contribution in [1.29, 1.82) is 0 Å². The summed E-state index contributed by atoms with van der Waals surface area (Å²) < 4.78 is 5.34. The van der Waals surface area contributed by atoms with Crippen LogP contribution in [0.4, 0.5) is 0 Å². The number of aliphatic hydroxyl groups excluding tert-OH is 1. The second-order valence-corrected chi connectivity index (χ2v) is 7.55. The number of methoxy groups -OCH3 is 1. The number of hydrogen-bond acceptors (Lipinski definition) is 4. The van der Waals surface area contributed by atoms with E-state index in [0.29, 0.717) is 26.1 Å². The van der Waals surface area contributed by atoms with E-state index in [0.717, 1.165) is 27.9 Å². The number of rotatable bonds is 3. The predicted octanol–water partition coefficient (Wildman–Crippen LogP) is 1.56. The molecule has 1 saturated heterocycles. The number of hydrogen-bond donors (Lipinski definition) is 2. The summed E-state index contributed by atoms with van der Waals surface area (Å²) in [7, 11) is 1.63. The lowest BCUT2D eigenvalue weighted by atomic mass is 9.68. The van der Waals surface area contributed by atoms with Crippen LogP contribution in [0.2, 0.25) is 0 Å². The first-order valence-electron chi connectivity index (χ1n) is 9.30. The summed E-state index contributed by atoms with van der Waals surface area (Å²) in [6.45, 7) is 4.94. The quantitative estimate of drug-likeness (QED) is 0.857. The first kappa shape index (κ1) is 17.9. The van der Waals surface area contributed by atoms with Crippen LogP contribution in [0.15, 0.2) is 18.2 Å². The number of aromatic nitrogens is 1. The summed E-state index contributed by atoms with van der Waals surface area (Å²) in [5.74, 6) is 0.800. The first-order chi connectivity index (χ1) is 12.9. The van der Waals surface area contributed by atoms with Gasteiger partial charge in [-0.25, -0.2) is 0 Å². The Morgan fingerprint density at radius 1 is 1.33 bits per heavy atom. The van der Waals surface area contributed by atoms with Crippen molar-refractivity contribution in [2.75, 3.05) is 33.4 Å². The van der Waals surface area contributed by atoms with Gasteiger partial charge in [0.15, 0.2) is 0 Å². The zero-order valence-electron chi connectivity index (χ0n) is 15.9. The molecule has 2 aliphatic heterocycles. The standard InChI is InChI=1S/C20H25N3O4/c1-4-17(26)23-11-20(9-22(10-20)12(2)25)18-14-6-5-13(27-3)7-15(14)21-19(18)16(23)8-24/h5-7,16,21,24H,4,8-11H2,1-3H3/t16-/m1/s1. The molecule has 1 aromatic heterocycles. The SMILES string of the molecule is CCC(=O)N1CC2(CN(C(C)=O)C2)c2c([nH]c3cc(OC)ccc23)[C@H]1CO. The number of fused-ring (bicyclic) bond motifs is 4. The zero-order chi connectivity index (χ0) is 19.3. The zero-order valence-corrected chi connectivity index (χ0v) is 15.9. The lowest BCUT2D eigenvalue weighted by molar-refractivity contribution is -0.143. The van der Waals surface area contributed by atoms with Crippen LogP contribution < -0.4 is 4.74 Å². The van der Waals surface area contributed by atoms with Gasteiger partial charge in [0.1, 0.15) is 5.75 Å². The van der Waals surface area contributed by atoms with Gasteiger partial charge in [0, 0.05) is 55.6 Å². The van der Waals surface area contributed by atoms with Crippen LogP contribution in [0.25, 0.3) is 10.9 Å². The molecule has 0 aliphatic carbocycles. The summed E-state index contributed by atoms with van der Waals surface area (Å²) in [5.41, 5.74) is 2.61. The Labute approximate surface area is 157 Å². The van der Waals surface area contributed by atoms with E-state index in [1.54, 1.807) is 23.8 Å². The van der Waals surface area contributed by atoms with Crippen LogP contribution >= 0.6 is 0 Å². The van der Waals surface area contributed by atoms with Gasteiger partial charge in [-0.1, -0.05) is 6.92 Å². The van der Waals surface area contributed by atoms with Gasteiger partial charge in [0.2, 0.25) is 11.8 Å². The summed E-state index contributed by atoms with van der Waals surface area (Å²) in [6, 6.07) is 5.47. The molecule has 2 aromatic rings. The summed E-state index contributed by atoms with van der Waals surface area (Å²) in [4.78, 5) is 31.4. The molecule has 2 N–H and O–H groups in total. The number of carbonyl (C=O) groups is 2. The molecule has 1 atom stereocenters. The Kier molecular flexibility index (Phi) is 4.14. The van der Waals surface area contributed by atoms with Gasteiger partial charge >= 0.3 is 0 Å². The van der Waals surface area contributed by atoms with Gasteiger partial charge < -0.3 is 24.6 Å². The molecule has 144 valence electrons. The number of H-pyrrole nitrogens is 1. The molecule has 7 heteroatoms. The van der Waals surface area contributed by atoms with Gasteiger partial charge in [-0.15, -0.1) is 0 Å². The molecule has 0 saturated carbocycles. The van der Waals surface area contributed by atoms with Crippen molar-refractivity contribution < 1.29 is 19.4 Å². The lowest BCUT2D eigenvalue weighted by Gasteiger charge is -2.56. The van der Waals surface area contributed by atoms with Crippen LogP contribution in [0, 0.1) is 0 Å². The average molecular weight is 371 g/mol. The molecule has 4 rings (SSSR count). The molecule has 0 radical (unpaired) electrons. The normalized spacial score (nSPS) is 20.5. The average Bonchev–Trinajstić information content (AvgIpc) is 3.02. The van der Waals surface area contributed by atoms with Gasteiger partial charge in [-0.05, 0) is 17.7 Å². The van der Waals surface area contributed by atoms with Crippen molar-refractivity contribution in [3.63, 3.8) is 0 Å². The smallest absolute Gasteiger partial charge is 0.222 e. The fourth-order valence-corrected chi connectivity index (χ4v) is 4.64. The molecule has 0 unspecified atom stereocenters. The van der Waals surface area contributed by atoms with Crippen molar-refractivity contribution in [3.8, 4) is 5.75 Å². The van der Waals surface area contributed by atoms with Crippen molar-refractivity contribution in [1.82, 2.24) is 14.8 Å². The Bertz CT molecular complexity index is 913. The van der Waals surface area contributed by atoms with Crippen LogP contribution in [0.3, 0.4) is 0 Å². The van der Waals surface area contributed by atoms with Gasteiger partial charge in [-0.2, -0.15) is 0 Å². The number of ether oxygens (including phenoxy) is 1. The lowest BCUT2D eigenvalue weighted by Crippen LogP contribution is -2.67. The minimum atomic E-state index is -0.400. The number of likely N-dealkylation sites (tertiary alicyclic amines) is 1. The fraction of sp³-hybridized carbons (Fsp3) is 0.500. The molecule has 3 heterocycles. The van der Waals surface area contributed by atoms with E-state index in [9.17, 15) is 14.7 Å². The highest BCUT2D eigenvalue weighted by atomic mass is 16.5. The molecule has 1 aromatic carbocycles. The van der Waals surface area contributed by atoms with Gasteiger partial charge in [-0.3, -0.25) is 9.59 Å². The number of carbonyl (C=O) groups excluding carboxylic acids is 2. The largest absolute Gasteiger partial charge is 0.497 e. The third kappa shape index (κ3) is 2.52. The van der Waals surface area contributed by atoms with E-state index >= 15 is 0 Å². The highest BCUT2D eigenvalue weighted by Gasteiger charge is 2.54. The minimum Gasteiger partial charge on any atom is -0.497 e. The third-order valence-electron chi connectivity index (χ3n) is 5.98. The summed E-state index contributed by atoms with van der Waals surface area (Å²) >= 11 is 0. The summed E-state index contributed by atoms with van der Waals surface area (Å²) in [5, 5.41) is 11.1. The Hall–Kier alpha value is -2.54. The van der Waals surface area contributed by atoms with Crippen molar-refractivity contribution in [3.05, 3.63) is 29.5 Å². The highest BCUT2D eigenvalue weighted by molar-refractivity contribution is 5.89. The maximum absolute atomic E-state index is 12.6. The van der Waals surface area contributed by atoms with Crippen LogP contribution in [0.5, 0.6) is 5.75 Å². The van der Waals surface area contributed by atoms with E-state index in [-0.39, 0.29) is 23.8 Å². The van der Waals surface area contributed by atoms with Gasteiger partial charge in [0.25, 0.3) is 0 Å². The van der Waals surface area contributed by atoms with Crippen LogP contribution in [-0.2, 0) is 15.0 Å². The number of aliphatic hydroxyl groups is 1. The second-order valence-electron chi connectivity index (χ2n) is 7.55. The number of benzene rings is 1. The molecule has 2 amide bonds. The summed E-state index contributed by atoms with van der Waals surface area (Å²) in [6.07, 6.45) is 0.381. The highest BCUT2D eigenvalue weighted by Crippen LogP contribution is 2.48. The Morgan fingerprint density at radius 2 is 2.07 bits per heavy atom. The molecule has 0 bridgehead atoms. The van der Waals surface area contributed by atoms with E-state index in [2.05, 4.69) is 4.98 Å². The number of aromatic amines is 1. The molecular weight excluding hydrogens is 346 g/mol. The molecule has 2 aliphatic rings. The topological polar surface area (TPSA) is 85.9 Å². The van der Waals surface area contributed by atoms with E-state index in [1.165, 1.54) is 0 Å². The van der Waals surface area contributed by atoms with Crippen molar-refractivity contribution >= 4 is 22.7 Å². The fourth-order valence-electron chi connectivity index (χ4n) is 4.64. The van der Waals surface area contributed by atoms with Gasteiger partial charge in [0.05, 0.1) is 25.2 Å². The maximum Gasteiger partial charge on any atom is 0.222 e. The number of nitrogens with zero attached hydrogens (tertiary/aromatic N) is 2. The predicted molar refractivity (Wildman–Crippen MR) is 101 cm³/mol. The minimum absolute atomic E-state index is 0.0107. The molecule has 1 fully saturated rings. The molecule has 7 nitrogen and oxygen atoms in total. The van der Waals surface area contributed by atoms with E-state index in [4.69, 9.17) is 4.74 Å². The van der Waals surface area contributed by atoms with Crippen molar-refractivity contribution in [2.45, 2.75) is 31.7 Å². The van der Waals surface area contributed by atoms with Crippen LogP contribution in [0.1, 0.15) is 37.6 Å². The Balaban J connectivity index is 1.89. The van der Waals surface area contributed by atoms with Crippen molar-refractivity contribution in [2.24, 2.45) is 0 Å². The van der Waals surface area contributed by atoms with E-state index < -0.39 is 6.04 Å². The second kappa shape index (κ2) is 6.27. The Morgan fingerprint density at radius 3 is 2.67 bits per heavy atom. The number of nitrogens with one attached hydrogen (secondary N) is 1. The molecule has 1 spiro atoms. The molecule has 27 heavy (non-hydrogen) atoms. The maximum atomic E-state index is 12.6. The first-order valence-corrected chi connectivity index (χ1v) is 9.30. The van der Waals surface area contributed by atoms with E-state index in [1.807, 2.05) is 25.1 Å². The third-order valence-corrected chi connectivity index (χ3v) is 5.98. The molecular formula is C20H25N3O4.